The van der Waals surface area contributed by atoms with Gasteiger partial charge in [-0.15, -0.1) is 0 Å². The van der Waals surface area contributed by atoms with E-state index in [9.17, 15) is 5.11 Å². The van der Waals surface area contributed by atoms with Crippen LogP contribution in [0.1, 0.15) is 19.3 Å². The molecule has 1 aliphatic rings. The van der Waals surface area contributed by atoms with Crippen LogP contribution in [0.5, 0.6) is 0 Å². The molecular weight excluding hydrogens is 178 g/mol. The van der Waals surface area contributed by atoms with Crippen LogP contribution in [-0.4, -0.2) is 38.0 Å². The fraction of sp³-hybridized carbons (Fsp3) is 0.818. The molecule has 82 valence electrons. The van der Waals surface area contributed by atoms with E-state index in [1.807, 2.05) is 0 Å². The highest BCUT2D eigenvalue weighted by Gasteiger charge is 2.19. The molecule has 3 heteroatoms. The van der Waals surface area contributed by atoms with Crippen LogP contribution in [0.2, 0.25) is 0 Å². The first-order valence-electron chi connectivity index (χ1n) is 5.36. The Morgan fingerprint density at radius 3 is 3.00 bits per heavy atom. The Hall–Kier alpha value is -0.380. The van der Waals surface area contributed by atoms with Gasteiger partial charge in [0.2, 0.25) is 0 Å². The Labute approximate surface area is 86.2 Å². The zero-order valence-corrected chi connectivity index (χ0v) is 8.91. The van der Waals surface area contributed by atoms with E-state index in [4.69, 9.17) is 4.74 Å². The van der Waals surface area contributed by atoms with Crippen molar-refractivity contribution in [1.82, 2.24) is 5.32 Å². The van der Waals surface area contributed by atoms with Gasteiger partial charge in [-0.05, 0) is 25.2 Å². The van der Waals surface area contributed by atoms with E-state index in [0.717, 1.165) is 19.4 Å². The van der Waals surface area contributed by atoms with Gasteiger partial charge < -0.3 is 15.2 Å². The summed E-state index contributed by atoms with van der Waals surface area (Å²) >= 11 is 0. The van der Waals surface area contributed by atoms with Crippen LogP contribution >= 0.6 is 0 Å². The third kappa shape index (κ3) is 3.78. The molecule has 0 aliphatic heterocycles. The fourth-order valence-corrected chi connectivity index (χ4v) is 1.91. The minimum atomic E-state index is 0.224. The van der Waals surface area contributed by atoms with E-state index in [1.165, 1.54) is 6.42 Å². The van der Waals surface area contributed by atoms with Crippen molar-refractivity contribution in [3.63, 3.8) is 0 Å². The monoisotopic (exact) mass is 199 g/mol. The zero-order valence-electron chi connectivity index (χ0n) is 8.91. The fourth-order valence-electron chi connectivity index (χ4n) is 1.91. The Balaban J connectivity index is 2.25. The van der Waals surface area contributed by atoms with Gasteiger partial charge in [0, 0.05) is 19.7 Å². The molecule has 0 saturated carbocycles. The van der Waals surface area contributed by atoms with Crippen LogP contribution in [0.25, 0.3) is 0 Å². The van der Waals surface area contributed by atoms with Crippen molar-refractivity contribution >= 4 is 0 Å². The Morgan fingerprint density at radius 1 is 1.57 bits per heavy atom. The first-order valence-corrected chi connectivity index (χ1v) is 5.36. The second-order valence-electron chi connectivity index (χ2n) is 3.78. The number of aliphatic hydroxyl groups excluding tert-OH is 1. The zero-order chi connectivity index (χ0) is 10.2. The van der Waals surface area contributed by atoms with Crippen molar-refractivity contribution in [3.8, 4) is 0 Å². The standard InChI is InChI=1S/C11H21NO2/c1-14-8-7-12-11(9-13)10-5-3-2-4-6-10/h2-3,10-13H,4-9H2,1H3. The number of allylic oxidation sites excluding steroid dienone is 2. The molecule has 0 amide bonds. The van der Waals surface area contributed by atoms with Crippen molar-refractivity contribution < 1.29 is 9.84 Å². The lowest BCUT2D eigenvalue weighted by Crippen LogP contribution is -2.41. The lowest BCUT2D eigenvalue weighted by molar-refractivity contribution is 0.161. The van der Waals surface area contributed by atoms with E-state index in [1.54, 1.807) is 7.11 Å². The number of nitrogens with one attached hydrogen (secondary N) is 1. The van der Waals surface area contributed by atoms with E-state index in [0.29, 0.717) is 12.5 Å². The third-order valence-corrected chi connectivity index (χ3v) is 2.79. The normalized spacial score (nSPS) is 23.7. The van der Waals surface area contributed by atoms with Gasteiger partial charge in [-0.1, -0.05) is 12.2 Å². The maximum Gasteiger partial charge on any atom is 0.0587 e. The summed E-state index contributed by atoms with van der Waals surface area (Å²) in [5, 5.41) is 12.6. The molecule has 0 heterocycles. The molecule has 0 fully saturated rings. The van der Waals surface area contributed by atoms with E-state index in [2.05, 4.69) is 17.5 Å². The quantitative estimate of drug-likeness (QED) is 0.494. The molecular formula is C11H21NO2. The summed E-state index contributed by atoms with van der Waals surface area (Å²) in [6.07, 6.45) is 7.86. The van der Waals surface area contributed by atoms with E-state index in [-0.39, 0.29) is 12.6 Å². The van der Waals surface area contributed by atoms with Crippen LogP contribution < -0.4 is 5.32 Å². The second kappa shape index (κ2) is 6.98. The molecule has 0 bridgehead atoms. The summed E-state index contributed by atoms with van der Waals surface area (Å²) in [7, 11) is 1.69. The highest BCUT2D eigenvalue weighted by atomic mass is 16.5. The van der Waals surface area contributed by atoms with Crippen LogP contribution in [0.4, 0.5) is 0 Å². The van der Waals surface area contributed by atoms with Crippen molar-refractivity contribution in [2.24, 2.45) is 5.92 Å². The number of rotatable bonds is 6. The van der Waals surface area contributed by atoms with Gasteiger partial charge >= 0.3 is 0 Å². The molecule has 3 nitrogen and oxygen atoms in total. The Bertz CT molecular complexity index is 171. The van der Waals surface area contributed by atoms with Gasteiger partial charge in [0.05, 0.1) is 13.2 Å². The Morgan fingerprint density at radius 2 is 2.43 bits per heavy atom. The highest BCUT2D eigenvalue weighted by Crippen LogP contribution is 2.21. The van der Waals surface area contributed by atoms with Crippen molar-refractivity contribution in [1.29, 1.82) is 0 Å². The lowest BCUT2D eigenvalue weighted by atomic mass is 9.88. The molecule has 0 aromatic carbocycles. The minimum Gasteiger partial charge on any atom is -0.395 e. The van der Waals surface area contributed by atoms with Gasteiger partial charge in [-0.25, -0.2) is 0 Å². The van der Waals surface area contributed by atoms with Crippen molar-refractivity contribution in [2.75, 3.05) is 26.9 Å². The van der Waals surface area contributed by atoms with Crippen LogP contribution in [0, 0.1) is 5.92 Å². The molecule has 2 atom stereocenters. The summed E-state index contributed by atoms with van der Waals surface area (Å²) in [5.74, 6) is 0.585. The molecule has 14 heavy (non-hydrogen) atoms. The number of hydrogen-bond acceptors (Lipinski definition) is 3. The SMILES string of the molecule is COCCNC(CO)C1CC=CCC1. The van der Waals surface area contributed by atoms with Gasteiger partial charge in [0.25, 0.3) is 0 Å². The topological polar surface area (TPSA) is 41.5 Å². The first-order chi connectivity index (χ1) is 6.88. The third-order valence-electron chi connectivity index (χ3n) is 2.79. The Kier molecular flexibility index (Phi) is 5.83. The maximum atomic E-state index is 9.25. The summed E-state index contributed by atoms with van der Waals surface area (Å²) in [5.41, 5.74) is 0. The molecule has 2 unspecified atom stereocenters. The summed E-state index contributed by atoms with van der Waals surface area (Å²) in [6, 6.07) is 0.232. The van der Waals surface area contributed by atoms with Gasteiger partial charge in [0.1, 0.15) is 0 Å². The largest absolute Gasteiger partial charge is 0.395 e. The molecule has 0 aromatic heterocycles. The van der Waals surface area contributed by atoms with Gasteiger partial charge in [0.15, 0.2) is 0 Å². The van der Waals surface area contributed by atoms with E-state index >= 15 is 0 Å². The summed E-state index contributed by atoms with van der Waals surface area (Å²) in [4.78, 5) is 0. The number of methoxy groups -OCH3 is 1. The first kappa shape index (κ1) is 11.7. The maximum absolute atomic E-state index is 9.25. The van der Waals surface area contributed by atoms with Crippen LogP contribution in [0.15, 0.2) is 12.2 Å². The number of hydrogen-bond donors (Lipinski definition) is 2. The van der Waals surface area contributed by atoms with Crippen LogP contribution in [-0.2, 0) is 4.74 Å². The summed E-state index contributed by atoms with van der Waals surface area (Å²) in [6.45, 7) is 1.75. The molecule has 0 radical (unpaired) electrons. The molecule has 0 spiro atoms. The summed E-state index contributed by atoms with van der Waals surface area (Å²) < 4.78 is 4.97. The van der Waals surface area contributed by atoms with E-state index < -0.39 is 0 Å². The predicted octanol–water partition coefficient (Wildman–Crippen LogP) is 0.940. The molecule has 0 saturated heterocycles. The van der Waals surface area contributed by atoms with Crippen molar-refractivity contribution in [3.05, 3.63) is 12.2 Å². The average Bonchev–Trinajstić information content (AvgIpc) is 2.26. The average molecular weight is 199 g/mol. The smallest absolute Gasteiger partial charge is 0.0587 e. The highest BCUT2D eigenvalue weighted by molar-refractivity contribution is 4.93. The lowest BCUT2D eigenvalue weighted by Gasteiger charge is -2.27. The molecule has 1 rings (SSSR count). The molecule has 2 N–H and O–H groups in total. The van der Waals surface area contributed by atoms with Crippen molar-refractivity contribution in [2.45, 2.75) is 25.3 Å². The number of ether oxygens (including phenoxy) is 1. The predicted molar refractivity (Wildman–Crippen MR) is 57.2 cm³/mol. The minimum absolute atomic E-state index is 0.224. The molecule has 0 aromatic rings. The molecule has 1 aliphatic carbocycles. The second-order valence-corrected chi connectivity index (χ2v) is 3.78. The van der Waals surface area contributed by atoms with Gasteiger partial charge in [-0.2, -0.15) is 0 Å². The van der Waals surface area contributed by atoms with Gasteiger partial charge in [-0.3, -0.25) is 0 Å². The number of aliphatic hydroxyl groups is 1. The van der Waals surface area contributed by atoms with Crippen LogP contribution in [0.3, 0.4) is 0 Å².